The zero-order valence-corrected chi connectivity index (χ0v) is 14.2. The lowest BCUT2D eigenvalue weighted by Crippen LogP contribution is -2.36. The molecule has 1 aromatic carbocycles. The number of rotatable bonds is 6. The molecule has 1 aromatic heterocycles. The molecule has 1 saturated heterocycles. The first-order valence-corrected chi connectivity index (χ1v) is 9.08. The van der Waals surface area contributed by atoms with Crippen LogP contribution in [0.15, 0.2) is 29.6 Å². The van der Waals surface area contributed by atoms with Crippen molar-refractivity contribution in [2.45, 2.75) is 44.9 Å². The molecule has 1 aliphatic heterocycles. The van der Waals surface area contributed by atoms with Crippen LogP contribution in [0.3, 0.4) is 0 Å². The van der Waals surface area contributed by atoms with E-state index in [2.05, 4.69) is 22.8 Å². The fourth-order valence-corrected chi connectivity index (χ4v) is 3.72. The summed E-state index contributed by atoms with van der Waals surface area (Å²) in [4.78, 5) is 12.2. The van der Waals surface area contributed by atoms with Gasteiger partial charge < -0.3 is 14.8 Å². The lowest BCUT2D eigenvalue weighted by Gasteiger charge is -2.23. The summed E-state index contributed by atoms with van der Waals surface area (Å²) in [5, 5.41) is 6.28. The molecule has 1 aliphatic rings. The second-order valence-corrected chi connectivity index (χ2v) is 6.85. The largest absolute Gasteiger partial charge is 0.376 e. The summed E-state index contributed by atoms with van der Waals surface area (Å²) in [5.74, 6) is -0.0731. The molecular formula is C18H23NO3S. The van der Waals surface area contributed by atoms with Crippen LogP contribution in [0.1, 0.15) is 31.7 Å². The molecule has 1 N–H and O–H groups in total. The number of amides is 1. The molecule has 23 heavy (non-hydrogen) atoms. The molecule has 5 heteroatoms. The van der Waals surface area contributed by atoms with E-state index in [9.17, 15) is 4.79 Å². The van der Waals surface area contributed by atoms with E-state index in [1.807, 2.05) is 12.1 Å². The van der Waals surface area contributed by atoms with E-state index in [-0.39, 0.29) is 12.0 Å². The number of hydrogen-bond donors (Lipinski definition) is 1. The minimum absolute atomic E-state index is 0.0731. The molecule has 3 rings (SSSR count). The van der Waals surface area contributed by atoms with Gasteiger partial charge >= 0.3 is 0 Å². The van der Waals surface area contributed by atoms with Crippen molar-refractivity contribution < 1.29 is 14.3 Å². The summed E-state index contributed by atoms with van der Waals surface area (Å²) in [6, 6.07) is 8.25. The second-order valence-electron chi connectivity index (χ2n) is 5.94. The standard InChI is InChI=1S/C18H23NO3S/c1-13(22-11-15-6-4-5-9-21-15)18(20)19-10-14-12-23-17-8-3-2-7-16(14)17/h2-3,7-8,12-13,15H,4-6,9-11H2,1H3,(H,19,20). The summed E-state index contributed by atoms with van der Waals surface area (Å²) < 4.78 is 12.5. The van der Waals surface area contributed by atoms with Gasteiger partial charge in [0.05, 0.1) is 12.7 Å². The third-order valence-corrected chi connectivity index (χ3v) is 5.20. The average Bonchev–Trinajstić information content (AvgIpc) is 3.01. The normalized spacial score (nSPS) is 19.6. The first kappa shape index (κ1) is 16.4. The minimum Gasteiger partial charge on any atom is -0.376 e. The van der Waals surface area contributed by atoms with Crippen molar-refractivity contribution in [2.24, 2.45) is 0 Å². The topological polar surface area (TPSA) is 47.6 Å². The van der Waals surface area contributed by atoms with Crippen molar-refractivity contribution in [1.29, 1.82) is 0 Å². The molecule has 2 aromatic rings. The maximum Gasteiger partial charge on any atom is 0.249 e. The maximum absolute atomic E-state index is 12.2. The highest BCUT2D eigenvalue weighted by Crippen LogP contribution is 2.25. The number of carbonyl (C=O) groups is 1. The molecular weight excluding hydrogens is 310 g/mol. The van der Waals surface area contributed by atoms with Crippen LogP contribution < -0.4 is 5.32 Å². The van der Waals surface area contributed by atoms with Gasteiger partial charge in [0.2, 0.25) is 5.91 Å². The highest BCUT2D eigenvalue weighted by atomic mass is 32.1. The zero-order chi connectivity index (χ0) is 16.1. The number of benzene rings is 1. The van der Waals surface area contributed by atoms with Crippen LogP contribution >= 0.6 is 11.3 Å². The minimum atomic E-state index is -0.453. The number of hydrogen-bond acceptors (Lipinski definition) is 4. The Kier molecular flexibility index (Phi) is 5.65. The monoisotopic (exact) mass is 333 g/mol. The van der Waals surface area contributed by atoms with Gasteiger partial charge in [-0.15, -0.1) is 11.3 Å². The molecule has 0 bridgehead atoms. The van der Waals surface area contributed by atoms with Crippen molar-refractivity contribution in [3.63, 3.8) is 0 Å². The Labute approximate surface area is 140 Å². The van der Waals surface area contributed by atoms with Gasteiger partial charge in [-0.25, -0.2) is 0 Å². The zero-order valence-electron chi connectivity index (χ0n) is 13.4. The van der Waals surface area contributed by atoms with Gasteiger partial charge in [0.15, 0.2) is 0 Å². The predicted molar refractivity (Wildman–Crippen MR) is 92.7 cm³/mol. The molecule has 0 saturated carbocycles. The first-order chi connectivity index (χ1) is 11.2. The quantitative estimate of drug-likeness (QED) is 0.880. The van der Waals surface area contributed by atoms with Crippen molar-refractivity contribution >= 4 is 27.3 Å². The van der Waals surface area contributed by atoms with E-state index in [0.29, 0.717) is 13.2 Å². The Morgan fingerprint density at radius 3 is 3.13 bits per heavy atom. The summed E-state index contributed by atoms with van der Waals surface area (Å²) in [6.45, 7) is 3.64. The summed E-state index contributed by atoms with van der Waals surface area (Å²) in [7, 11) is 0. The number of thiophene rings is 1. The van der Waals surface area contributed by atoms with Crippen LogP contribution in [0.2, 0.25) is 0 Å². The van der Waals surface area contributed by atoms with Crippen molar-refractivity contribution in [3.8, 4) is 0 Å². The summed E-state index contributed by atoms with van der Waals surface area (Å²) in [6.07, 6.45) is 3.01. The third-order valence-electron chi connectivity index (χ3n) is 4.19. The van der Waals surface area contributed by atoms with Crippen LogP contribution in [0.4, 0.5) is 0 Å². The number of carbonyl (C=O) groups excluding carboxylic acids is 1. The van der Waals surface area contributed by atoms with Gasteiger partial charge in [-0.2, -0.15) is 0 Å². The second kappa shape index (κ2) is 7.90. The lowest BCUT2D eigenvalue weighted by atomic mass is 10.1. The van der Waals surface area contributed by atoms with Crippen molar-refractivity contribution in [1.82, 2.24) is 5.32 Å². The maximum atomic E-state index is 12.2. The molecule has 2 heterocycles. The smallest absolute Gasteiger partial charge is 0.249 e. The summed E-state index contributed by atoms with van der Waals surface area (Å²) in [5.41, 5.74) is 1.15. The van der Waals surface area contributed by atoms with Crippen molar-refractivity contribution in [3.05, 3.63) is 35.2 Å². The Hall–Kier alpha value is -1.43. The first-order valence-electron chi connectivity index (χ1n) is 8.20. The molecule has 0 spiro atoms. The SMILES string of the molecule is CC(OCC1CCCCO1)C(=O)NCc1csc2ccccc12. The van der Waals surface area contributed by atoms with Gasteiger partial charge in [-0.05, 0) is 48.6 Å². The van der Waals surface area contributed by atoms with Crippen LogP contribution in [0.5, 0.6) is 0 Å². The summed E-state index contributed by atoms with van der Waals surface area (Å²) >= 11 is 1.70. The Balaban J connectivity index is 1.46. The molecule has 2 atom stereocenters. The van der Waals surface area contributed by atoms with Gasteiger partial charge in [0.1, 0.15) is 6.10 Å². The third kappa shape index (κ3) is 4.31. The van der Waals surface area contributed by atoms with E-state index in [0.717, 1.165) is 25.0 Å². The number of fused-ring (bicyclic) bond motifs is 1. The predicted octanol–water partition coefficient (Wildman–Crippen LogP) is 3.49. The van der Waals surface area contributed by atoms with E-state index in [1.165, 1.54) is 16.5 Å². The number of nitrogens with one attached hydrogen (secondary N) is 1. The molecule has 0 aliphatic carbocycles. The van der Waals surface area contributed by atoms with E-state index >= 15 is 0 Å². The van der Waals surface area contributed by atoms with Crippen molar-refractivity contribution in [2.75, 3.05) is 13.2 Å². The Bertz CT molecular complexity index is 649. The molecule has 1 fully saturated rings. The van der Waals surface area contributed by atoms with Crippen LogP contribution in [-0.4, -0.2) is 31.3 Å². The van der Waals surface area contributed by atoms with Crippen LogP contribution in [0, 0.1) is 0 Å². The molecule has 4 nitrogen and oxygen atoms in total. The highest BCUT2D eigenvalue weighted by Gasteiger charge is 2.19. The Morgan fingerprint density at radius 2 is 2.30 bits per heavy atom. The van der Waals surface area contributed by atoms with Gasteiger partial charge in [0.25, 0.3) is 0 Å². The average molecular weight is 333 g/mol. The van der Waals surface area contributed by atoms with Crippen LogP contribution in [-0.2, 0) is 20.8 Å². The Morgan fingerprint density at radius 1 is 1.43 bits per heavy atom. The van der Waals surface area contributed by atoms with E-state index < -0.39 is 6.10 Å². The van der Waals surface area contributed by atoms with E-state index in [4.69, 9.17) is 9.47 Å². The fraction of sp³-hybridized carbons (Fsp3) is 0.500. The molecule has 124 valence electrons. The van der Waals surface area contributed by atoms with Gasteiger partial charge in [-0.1, -0.05) is 18.2 Å². The molecule has 0 radical (unpaired) electrons. The highest BCUT2D eigenvalue weighted by molar-refractivity contribution is 7.17. The number of ether oxygens (including phenoxy) is 2. The lowest BCUT2D eigenvalue weighted by molar-refractivity contribution is -0.135. The molecule has 1 amide bonds. The molecule has 2 unspecified atom stereocenters. The van der Waals surface area contributed by atoms with Gasteiger partial charge in [-0.3, -0.25) is 4.79 Å². The fourth-order valence-electron chi connectivity index (χ4n) is 2.76. The van der Waals surface area contributed by atoms with Gasteiger partial charge in [0, 0.05) is 17.9 Å². The van der Waals surface area contributed by atoms with E-state index in [1.54, 1.807) is 18.3 Å². The van der Waals surface area contributed by atoms with Crippen LogP contribution in [0.25, 0.3) is 10.1 Å².